The van der Waals surface area contributed by atoms with Crippen molar-refractivity contribution in [1.29, 1.82) is 0 Å². The van der Waals surface area contributed by atoms with Crippen molar-refractivity contribution in [2.24, 2.45) is 5.73 Å². The first kappa shape index (κ1) is 18.4. The Hall–Kier alpha value is -0.650. The molecule has 0 fully saturated rings. The van der Waals surface area contributed by atoms with Crippen molar-refractivity contribution in [3.05, 3.63) is 0 Å². The Morgan fingerprint density at radius 2 is 1.84 bits per heavy atom. The van der Waals surface area contributed by atoms with Crippen molar-refractivity contribution in [2.75, 3.05) is 40.3 Å². The summed E-state index contributed by atoms with van der Waals surface area (Å²) in [5, 5.41) is 2.94. The van der Waals surface area contributed by atoms with Crippen LogP contribution in [0.4, 0.5) is 0 Å². The Morgan fingerprint density at radius 1 is 1.21 bits per heavy atom. The van der Waals surface area contributed by atoms with Gasteiger partial charge in [-0.3, -0.25) is 9.69 Å². The first-order valence-electron chi connectivity index (χ1n) is 7.28. The fourth-order valence-corrected chi connectivity index (χ4v) is 2.05. The number of hydrogen-bond donors (Lipinski definition) is 2. The van der Waals surface area contributed by atoms with Crippen LogP contribution in [0.1, 0.15) is 33.6 Å². The van der Waals surface area contributed by atoms with Crippen LogP contribution in [0.5, 0.6) is 0 Å². The summed E-state index contributed by atoms with van der Waals surface area (Å²) in [5.41, 5.74) is 5.85. The summed E-state index contributed by atoms with van der Waals surface area (Å²) < 4.78 is 0. The molecule has 0 aromatic heterocycles. The van der Waals surface area contributed by atoms with Crippen molar-refractivity contribution in [2.45, 2.75) is 45.7 Å². The van der Waals surface area contributed by atoms with Crippen LogP contribution < -0.4 is 11.1 Å². The van der Waals surface area contributed by atoms with E-state index in [4.69, 9.17) is 5.73 Å². The molecule has 0 bridgehead atoms. The van der Waals surface area contributed by atoms with Crippen LogP contribution in [0, 0.1) is 0 Å². The molecule has 5 nitrogen and oxygen atoms in total. The first-order chi connectivity index (χ1) is 8.90. The summed E-state index contributed by atoms with van der Waals surface area (Å²) in [7, 11) is 4.13. The van der Waals surface area contributed by atoms with Crippen molar-refractivity contribution in [3.8, 4) is 0 Å². The molecule has 0 saturated carbocycles. The normalized spacial score (nSPS) is 13.3. The molecule has 1 unspecified atom stereocenters. The SMILES string of the molecule is CCCN(CCN(C)C)C(CN)CC(=O)NC(C)C. The fourth-order valence-electron chi connectivity index (χ4n) is 2.05. The minimum atomic E-state index is 0.0939. The predicted molar refractivity (Wildman–Crippen MR) is 81.2 cm³/mol. The third kappa shape index (κ3) is 8.97. The molecule has 0 rings (SSSR count). The van der Waals surface area contributed by atoms with E-state index in [2.05, 4.69) is 36.1 Å². The van der Waals surface area contributed by atoms with Gasteiger partial charge >= 0.3 is 0 Å². The summed E-state index contributed by atoms with van der Waals surface area (Å²) in [4.78, 5) is 16.4. The number of carbonyl (C=O) groups excluding carboxylic acids is 1. The average Bonchev–Trinajstić information content (AvgIpc) is 2.30. The number of nitrogens with zero attached hydrogens (tertiary/aromatic N) is 2. The van der Waals surface area contributed by atoms with Gasteiger partial charge in [0.25, 0.3) is 0 Å². The number of nitrogens with one attached hydrogen (secondary N) is 1. The van der Waals surface area contributed by atoms with E-state index in [9.17, 15) is 4.79 Å². The Labute approximate surface area is 118 Å². The Kier molecular flexibility index (Phi) is 9.83. The smallest absolute Gasteiger partial charge is 0.221 e. The highest BCUT2D eigenvalue weighted by Crippen LogP contribution is 2.05. The monoisotopic (exact) mass is 272 g/mol. The molecule has 0 aliphatic rings. The number of hydrogen-bond acceptors (Lipinski definition) is 4. The number of rotatable bonds is 10. The maximum absolute atomic E-state index is 11.9. The van der Waals surface area contributed by atoms with Gasteiger partial charge in [0, 0.05) is 38.1 Å². The van der Waals surface area contributed by atoms with Gasteiger partial charge in [0.2, 0.25) is 5.91 Å². The zero-order valence-corrected chi connectivity index (χ0v) is 13.3. The van der Waals surface area contributed by atoms with Gasteiger partial charge in [0.15, 0.2) is 0 Å². The molecule has 0 aliphatic heterocycles. The Bertz CT molecular complexity index is 244. The van der Waals surface area contributed by atoms with Crippen molar-refractivity contribution < 1.29 is 4.79 Å². The largest absolute Gasteiger partial charge is 0.354 e. The minimum Gasteiger partial charge on any atom is -0.354 e. The second kappa shape index (κ2) is 10.2. The van der Waals surface area contributed by atoms with Gasteiger partial charge in [-0.15, -0.1) is 0 Å². The van der Waals surface area contributed by atoms with Crippen LogP contribution in [-0.2, 0) is 4.79 Å². The lowest BCUT2D eigenvalue weighted by Crippen LogP contribution is -2.47. The maximum Gasteiger partial charge on any atom is 0.221 e. The van der Waals surface area contributed by atoms with Crippen LogP contribution in [0.3, 0.4) is 0 Å². The minimum absolute atomic E-state index is 0.0939. The molecule has 0 radical (unpaired) electrons. The lowest BCUT2D eigenvalue weighted by molar-refractivity contribution is -0.122. The summed E-state index contributed by atoms with van der Waals surface area (Å²) in [6.07, 6.45) is 1.57. The second-order valence-electron chi connectivity index (χ2n) is 5.66. The molecule has 3 N–H and O–H groups in total. The molecule has 5 heteroatoms. The topological polar surface area (TPSA) is 61.6 Å². The third-order valence-corrected chi connectivity index (χ3v) is 3.00. The summed E-state index contributed by atoms with van der Waals surface area (Å²) >= 11 is 0. The van der Waals surface area contributed by atoms with Gasteiger partial charge < -0.3 is 16.0 Å². The maximum atomic E-state index is 11.9. The number of amides is 1. The fraction of sp³-hybridized carbons (Fsp3) is 0.929. The summed E-state index contributed by atoms with van der Waals surface area (Å²) in [5.74, 6) is 0.0939. The van der Waals surface area contributed by atoms with Crippen LogP contribution in [0.25, 0.3) is 0 Å². The van der Waals surface area contributed by atoms with Crippen molar-refractivity contribution in [3.63, 3.8) is 0 Å². The van der Waals surface area contributed by atoms with Gasteiger partial charge in [-0.2, -0.15) is 0 Å². The van der Waals surface area contributed by atoms with E-state index in [-0.39, 0.29) is 18.0 Å². The van der Waals surface area contributed by atoms with E-state index in [1.54, 1.807) is 0 Å². The van der Waals surface area contributed by atoms with E-state index < -0.39 is 0 Å². The quantitative estimate of drug-likeness (QED) is 0.608. The number of carbonyl (C=O) groups is 1. The van der Waals surface area contributed by atoms with Crippen LogP contribution >= 0.6 is 0 Å². The molecule has 0 saturated heterocycles. The number of nitrogens with two attached hydrogens (primary N) is 1. The van der Waals surface area contributed by atoms with E-state index in [1.165, 1.54) is 0 Å². The molecule has 0 heterocycles. The highest BCUT2D eigenvalue weighted by molar-refractivity contribution is 5.76. The molecule has 0 aliphatic carbocycles. The molecule has 0 spiro atoms. The second-order valence-corrected chi connectivity index (χ2v) is 5.66. The highest BCUT2D eigenvalue weighted by Gasteiger charge is 2.20. The van der Waals surface area contributed by atoms with Crippen LogP contribution in [-0.4, -0.2) is 68.1 Å². The van der Waals surface area contributed by atoms with Crippen molar-refractivity contribution in [1.82, 2.24) is 15.1 Å². The van der Waals surface area contributed by atoms with Gasteiger partial charge in [0.1, 0.15) is 0 Å². The van der Waals surface area contributed by atoms with E-state index in [1.807, 2.05) is 13.8 Å². The lowest BCUT2D eigenvalue weighted by atomic mass is 10.1. The van der Waals surface area contributed by atoms with Gasteiger partial charge in [-0.25, -0.2) is 0 Å². The molecule has 0 aromatic carbocycles. The molecule has 19 heavy (non-hydrogen) atoms. The average molecular weight is 272 g/mol. The third-order valence-electron chi connectivity index (χ3n) is 3.00. The summed E-state index contributed by atoms with van der Waals surface area (Å²) in [6, 6.07) is 0.325. The lowest BCUT2D eigenvalue weighted by Gasteiger charge is -2.31. The van der Waals surface area contributed by atoms with Crippen LogP contribution in [0.15, 0.2) is 0 Å². The highest BCUT2D eigenvalue weighted by atomic mass is 16.1. The van der Waals surface area contributed by atoms with E-state index in [0.717, 1.165) is 26.1 Å². The Balaban J connectivity index is 4.42. The van der Waals surface area contributed by atoms with Crippen LogP contribution in [0.2, 0.25) is 0 Å². The van der Waals surface area contributed by atoms with Gasteiger partial charge in [0.05, 0.1) is 0 Å². The molecule has 0 aromatic rings. The van der Waals surface area contributed by atoms with E-state index in [0.29, 0.717) is 13.0 Å². The molecule has 1 atom stereocenters. The van der Waals surface area contributed by atoms with Gasteiger partial charge in [-0.05, 0) is 40.9 Å². The van der Waals surface area contributed by atoms with E-state index >= 15 is 0 Å². The predicted octanol–water partition coefficient (Wildman–Crippen LogP) is 0.502. The zero-order valence-electron chi connectivity index (χ0n) is 13.3. The molecule has 114 valence electrons. The first-order valence-corrected chi connectivity index (χ1v) is 7.28. The summed E-state index contributed by atoms with van der Waals surface area (Å²) in [6.45, 7) is 9.57. The van der Waals surface area contributed by atoms with Crippen molar-refractivity contribution >= 4 is 5.91 Å². The van der Waals surface area contributed by atoms with Gasteiger partial charge in [-0.1, -0.05) is 6.92 Å². The Morgan fingerprint density at radius 3 is 2.26 bits per heavy atom. The molecular formula is C14H32N4O. The standard InChI is InChI=1S/C14H32N4O/c1-6-7-18(9-8-17(4)5)13(11-15)10-14(19)16-12(2)3/h12-13H,6-11,15H2,1-5H3,(H,16,19). The molecular weight excluding hydrogens is 240 g/mol. The number of likely N-dealkylation sites (N-methyl/N-ethyl adjacent to an activating group) is 1. The zero-order chi connectivity index (χ0) is 14.8. The molecule has 1 amide bonds.